The fourth-order valence-electron chi connectivity index (χ4n) is 4.93. The SMILES string of the molecule is COC(=O)COc1cccc2c1CCC(C(C(=O)ON)=C(N)C(c1ccccc1)c1ccccc1)C2. The molecule has 1 aliphatic rings. The van der Waals surface area contributed by atoms with Crippen LogP contribution in [0.4, 0.5) is 0 Å². The summed E-state index contributed by atoms with van der Waals surface area (Å²) in [5.74, 6) is 4.43. The quantitative estimate of drug-likeness (QED) is 0.283. The number of hydrogen-bond acceptors (Lipinski definition) is 7. The van der Waals surface area contributed by atoms with Gasteiger partial charge in [-0.05, 0) is 53.5 Å². The number of carbonyl (C=O) groups is 2. The maximum absolute atomic E-state index is 13.0. The summed E-state index contributed by atoms with van der Waals surface area (Å²) < 4.78 is 10.4. The molecule has 0 bridgehead atoms. The number of methoxy groups -OCH3 is 1. The highest BCUT2D eigenvalue weighted by Crippen LogP contribution is 2.39. The maximum Gasteiger partial charge on any atom is 0.354 e. The van der Waals surface area contributed by atoms with Gasteiger partial charge in [0.1, 0.15) is 5.75 Å². The van der Waals surface area contributed by atoms with E-state index in [1.165, 1.54) is 7.11 Å². The van der Waals surface area contributed by atoms with Crippen molar-refractivity contribution in [1.82, 2.24) is 0 Å². The summed E-state index contributed by atoms with van der Waals surface area (Å²) in [7, 11) is 1.32. The van der Waals surface area contributed by atoms with Crippen molar-refractivity contribution in [3.63, 3.8) is 0 Å². The van der Waals surface area contributed by atoms with Crippen LogP contribution < -0.4 is 16.4 Å². The summed E-state index contributed by atoms with van der Waals surface area (Å²) in [4.78, 5) is 29.3. The van der Waals surface area contributed by atoms with E-state index < -0.39 is 11.9 Å². The molecule has 3 aromatic rings. The molecular formula is C29H30N2O5. The molecule has 4 N–H and O–H groups in total. The first-order chi connectivity index (χ1) is 17.5. The van der Waals surface area contributed by atoms with Crippen LogP contribution in [0.2, 0.25) is 0 Å². The predicted molar refractivity (Wildman–Crippen MR) is 136 cm³/mol. The van der Waals surface area contributed by atoms with E-state index >= 15 is 0 Å². The fourth-order valence-corrected chi connectivity index (χ4v) is 4.93. The number of fused-ring (bicyclic) bond motifs is 1. The summed E-state index contributed by atoms with van der Waals surface area (Å²) in [6.07, 6.45) is 1.85. The minimum Gasteiger partial charge on any atom is -0.482 e. The van der Waals surface area contributed by atoms with E-state index in [9.17, 15) is 9.59 Å². The van der Waals surface area contributed by atoms with Crippen LogP contribution in [-0.4, -0.2) is 25.7 Å². The fraction of sp³-hybridized carbons (Fsp3) is 0.241. The molecule has 0 aliphatic heterocycles. The minimum atomic E-state index is -0.629. The van der Waals surface area contributed by atoms with Crippen LogP contribution in [0.15, 0.2) is 90.1 Å². The topological polar surface area (TPSA) is 114 Å². The standard InChI is InChI=1S/C29H30N2O5/c1-34-25(32)18-35-24-14-8-13-21-17-22(15-16-23(21)24)27(29(33)36-31)28(30)26(19-9-4-2-5-10-19)20-11-6-3-7-12-20/h2-14,22,26H,15-18,30-31H2,1H3. The Balaban J connectivity index is 1.73. The average molecular weight is 487 g/mol. The van der Waals surface area contributed by atoms with Crippen LogP contribution in [-0.2, 0) is 32.0 Å². The van der Waals surface area contributed by atoms with Crippen LogP contribution in [0.25, 0.3) is 0 Å². The van der Waals surface area contributed by atoms with Gasteiger partial charge in [0.25, 0.3) is 0 Å². The van der Waals surface area contributed by atoms with Crippen molar-refractivity contribution in [3.05, 3.63) is 112 Å². The van der Waals surface area contributed by atoms with E-state index in [-0.39, 0.29) is 18.4 Å². The third-order valence-electron chi connectivity index (χ3n) is 6.64. The molecule has 0 aromatic heterocycles. The molecule has 186 valence electrons. The third kappa shape index (κ3) is 5.42. The lowest BCUT2D eigenvalue weighted by atomic mass is 9.76. The first-order valence-electron chi connectivity index (χ1n) is 11.8. The smallest absolute Gasteiger partial charge is 0.354 e. The van der Waals surface area contributed by atoms with Crippen LogP contribution >= 0.6 is 0 Å². The molecular weight excluding hydrogens is 456 g/mol. The molecule has 0 amide bonds. The van der Waals surface area contributed by atoms with Gasteiger partial charge in [0.2, 0.25) is 0 Å². The zero-order valence-corrected chi connectivity index (χ0v) is 20.2. The highest BCUT2D eigenvalue weighted by molar-refractivity contribution is 5.90. The Morgan fingerprint density at radius 1 is 0.944 bits per heavy atom. The van der Waals surface area contributed by atoms with E-state index in [1.807, 2.05) is 78.9 Å². The van der Waals surface area contributed by atoms with Crippen LogP contribution in [0.1, 0.15) is 34.6 Å². The molecule has 3 aromatic carbocycles. The lowest BCUT2D eigenvalue weighted by molar-refractivity contribution is -0.143. The van der Waals surface area contributed by atoms with Crippen molar-refractivity contribution in [2.45, 2.75) is 25.2 Å². The van der Waals surface area contributed by atoms with Crippen molar-refractivity contribution in [2.24, 2.45) is 17.5 Å². The summed E-state index contributed by atoms with van der Waals surface area (Å²) in [6, 6.07) is 25.4. The lowest BCUT2D eigenvalue weighted by Gasteiger charge is -2.30. The van der Waals surface area contributed by atoms with Crippen LogP contribution in [0, 0.1) is 5.92 Å². The summed E-state index contributed by atoms with van der Waals surface area (Å²) in [6.45, 7) is -0.163. The van der Waals surface area contributed by atoms with E-state index in [2.05, 4.69) is 4.74 Å². The second kappa shape index (κ2) is 11.6. The van der Waals surface area contributed by atoms with Gasteiger partial charge in [0, 0.05) is 11.6 Å². The van der Waals surface area contributed by atoms with Gasteiger partial charge in [-0.3, -0.25) is 0 Å². The number of rotatable bonds is 8. The largest absolute Gasteiger partial charge is 0.482 e. The first-order valence-corrected chi connectivity index (χ1v) is 11.8. The van der Waals surface area contributed by atoms with Gasteiger partial charge in [-0.2, -0.15) is 5.90 Å². The zero-order chi connectivity index (χ0) is 25.5. The van der Waals surface area contributed by atoms with Crippen LogP contribution in [0.3, 0.4) is 0 Å². The highest BCUT2D eigenvalue weighted by atomic mass is 16.7. The monoisotopic (exact) mass is 486 g/mol. The van der Waals surface area contributed by atoms with E-state index in [0.717, 1.165) is 22.3 Å². The van der Waals surface area contributed by atoms with Gasteiger partial charge in [0.15, 0.2) is 6.61 Å². The Kier molecular flexibility index (Phi) is 8.02. The Hall–Kier alpha value is -4.10. The normalized spacial score (nSPS) is 15.5. The molecule has 1 unspecified atom stereocenters. The summed E-state index contributed by atoms with van der Waals surface area (Å²) >= 11 is 0. The number of nitrogens with two attached hydrogens (primary N) is 2. The number of hydrogen-bond donors (Lipinski definition) is 2. The van der Waals surface area contributed by atoms with E-state index in [1.54, 1.807) is 0 Å². The minimum absolute atomic E-state index is 0.163. The second-order valence-corrected chi connectivity index (χ2v) is 8.73. The van der Waals surface area contributed by atoms with Gasteiger partial charge >= 0.3 is 11.9 Å². The molecule has 7 heteroatoms. The molecule has 0 saturated heterocycles. The molecule has 0 heterocycles. The number of ether oxygens (including phenoxy) is 2. The van der Waals surface area contributed by atoms with Crippen LogP contribution in [0.5, 0.6) is 5.75 Å². The molecule has 7 nitrogen and oxygen atoms in total. The van der Waals surface area contributed by atoms with Gasteiger partial charge in [0.05, 0.1) is 12.7 Å². The molecule has 1 aliphatic carbocycles. The Morgan fingerprint density at radius 2 is 1.58 bits per heavy atom. The molecule has 0 fully saturated rings. The predicted octanol–water partition coefficient (Wildman–Crippen LogP) is 3.81. The van der Waals surface area contributed by atoms with Gasteiger partial charge < -0.3 is 20.0 Å². The molecule has 0 spiro atoms. The van der Waals surface area contributed by atoms with Gasteiger partial charge in [-0.15, -0.1) is 0 Å². The summed E-state index contributed by atoms with van der Waals surface area (Å²) in [5, 5.41) is 0. The maximum atomic E-state index is 13.0. The lowest BCUT2D eigenvalue weighted by Crippen LogP contribution is -2.29. The number of benzene rings is 3. The summed E-state index contributed by atoms with van der Waals surface area (Å²) in [5.41, 5.74) is 11.6. The molecule has 4 rings (SSSR count). The zero-order valence-electron chi connectivity index (χ0n) is 20.2. The number of esters is 1. The Labute approximate surface area is 210 Å². The molecule has 0 saturated carbocycles. The van der Waals surface area contributed by atoms with E-state index in [0.29, 0.717) is 36.3 Å². The Bertz CT molecular complexity index is 1200. The molecule has 1 atom stereocenters. The molecule has 36 heavy (non-hydrogen) atoms. The van der Waals surface area contributed by atoms with Crippen molar-refractivity contribution in [2.75, 3.05) is 13.7 Å². The second-order valence-electron chi connectivity index (χ2n) is 8.73. The molecule has 0 radical (unpaired) electrons. The van der Waals surface area contributed by atoms with E-state index in [4.69, 9.17) is 21.2 Å². The first kappa shape index (κ1) is 25.0. The van der Waals surface area contributed by atoms with Crippen molar-refractivity contribution < 1.29 is 23.9 Å². The third-order valence-corrected chi connectivity index (χ3v) is 6.64. The van der Waals surface area contributed by atoms with Gasteiger partial charge in [-0.25, -0.2) is 9.59 Å². The van der Waals surface area contributed by atoms with Crippen molar-refractivity contribution in [3.8, 4) is 5.75 Å². The van der Waals surface area contributed by atoms with Crippen molar-refractivity contribution in [1.29, 1.82) is 0 Å². The average Bonchev–Trinajstić information content (AvgIpc) is 2.92. The Morgan fingerprint density at radius 3 is 2.17 bits per heavy atom. The number of allylic oxidation sites excluding steroid dienone is 1. The van der Waals surface area contributed by atoms with Gasteiger partial charge in [-0.1, -0.05) is 72.8 Å². The van der Waals surface area contributed by atoms with Crippen molar-refractivity contribution >= 4 is 11.9 Å². The highest BCUT2D eigenvalue weighted by Gasteiger charge is 2.33. The number of carbonyl (C=O) groups excluding carboxylic acids is 2.